The van der Waals surface area contributed by atoms with E-state index < -0.39 is 5.41 Å². The fourth-order valence-corrected chi connectivity index (χ4v) is 4.23. The van der Waals surface area contributed by atoms with Crippen LogP contribution in [0.25, 0.3) is 0 Å². The van der Waals surface area contributed by atoms with Crippen molar-refractivity contribution in [1.82, 2.24) is 20.0 Å². The molecule has 1 aromatic carbocycles. The minimum atomic E-state index is -1.18. The van der Waals surface area contributed by atoms with E-state index >= 15 is 0 Å². The number of amides is 3. The number of H-pyrrole nitrogens is 1. The molecule has 8 heteroatoms. The molecule has 0 bridgehead atoms. The van der Waals surface area contributed by atoms with E-state index in [1.807, 2.05) is 36.4 Å². The van der Waals surface area contributed by atoms with Crippen LogP contribution in [0.3, 0.4) is 0 Å². The Bertz CT molecular complexity index is 942. The zero-order chi connectivity index (χ0) is 23.1. The van der Waals surface area contributed by atoms with Gasteiger partial charge in [-0.1, -0.05) is 43.7 Å². The molecule has 0 saturated carbocycles. The molecule has 0 aliphatic carbocycles. The van der Waals surface area contributed by atoms with E-state index in [0.717, 1.165) is 24.2 Å². The summed E-state index contributed by atoms with van der Waals surface area (Å²) in [6.07, 6.45) is 2.37. The van der Waals surface area contributed by atoms with Crippen molar-refractivity contribution in [2.75, 3.05) is 27.3 Å². The van der Waals surface area contributed by atoms with Gasteiger partial charge in [0.05, 0.1) is 23.3 Å². The largest absolute Gasteiger partial charge is 0.385 e. The van der Waals surface area contributed by atoms with Gasteiger partial charge in [0, 0.05) is 40.2 Å². The van der Waals surface area contributed by atoms with Crippen LogP contribution in [0.15, 0.2) is 36.4 Å². The van der Waals surface area contributed by atoms with Crippen molar-refractivity contribution in [1.29, 1.82) is 0 Å². The summed E-state index contributed by atoms with van der Waals surface area (Å²) in [6, 6.07) is 11.1. The van der Waals surface area contributed by atoms with E-state index in [1.165, 1.54) is 4.90 Å². The lowest BCUT2D eigenvalue weighted by Gasteiger charge is -2.29. The fraction of sp³-hybridized carbons (Fsp3) is 0.500. The van der Waals surface area contributed by atoms with Crippen molar-refractivity contribution in [3.63, 3.8) is 0 Å². The van der Waals surface area contributed by atoms with Gasteiger partial charge in [0.25, 0.3) is 0 Å². The lowest BCUT2D eigenvalue weighted by atomic mass is 9.75. The molecule has 0 spiro atoms. The molecule has 1 aliphatic rings. The van der Waals surface area contributed by atoms with E-state index in [9.17, 15) is 14.4 Å². The maximum absolute atomic E-state index is 13.5. The first-order valence-corrected chi connectivity index (χ1v) is 11.1. The third kappa shape index (κ3) is 5.07. The van der Waals surface area contributed by atoms with Gasteiger partial charge in [0.2, 0.25) is 17.7 Å². The smallest absolute Gasteiger partial charge is 0.240 e. The first kappa shape index (κ1) is 23.7. The number of aromatic amines is 1. The minimum absolute atomic E-state index is 0.00683. The molecular formula is C24H32N4O4. The number of nitrogens with one attached hydrogen (secondary N) is 1. The number of imide groups is 1. The number of benzene rings is 1. The minimum Gasteiger partial charge on any atom is -0.385 e. The predicted octanol–water partition coefficient (Wildman–Crippen LogP) is 2.44. The Balaban J connectivity index is 1.80. The molecule has 1 fully saturated rings. The molecule has 1 aliphatic heterocycles. The zero-order valence-corrected chi connectivity index (χ0v) is 19.1. The molecule has 1 aromatic heterocycles. The summed E-state index contributed by atoms with van der Waals surface area (Å²) in [5, 5.41) is 7.25. The average molecular weight is 441 g/mol. The molecule has 2 heterocycles. The summed E-state index contributed by atoms with van der Waals surface area (Å²) < 4.78 is 5.06. The van der Waals surface area contributed by atoms with Crippen molar-refractivity contribution in [2.45, 2.75) is 51.0 Å². The molecule has 1 N–H and O–H groups in total. The van der Waals surface area contributed by atoms with Crippen LogP contribution in [0.1, 0.15) is 49.6 Å². The van der Waals surface area contributed by atoms with Crippen molar-refractivity contribution < 1.29 is 19.1 Å². The molecule has 1 saturated heterocycles. The Labute approximate surface area is 188 Å². The lowest BCUT2D eigenvalue weighted by molar-refractivity contribution is -0.142. The number of aromatic nitrogens is 2. The van der Waals surface area contributed by atoms with Crippen LogP contribution < -0.4 is 0 Å². The van der Waals surface area contributed by atoms with Gasteiger partial charge in [0.15, 0.2) is 0 Å². The van der Waals surface area contributed by atoms with Crippen molar-refractivity contribution in [3.8, 4) is 0 Å². The van der Waals surface area contributed by atoms with Crippen molar-refractivity contribution in [2.24, 2.45) is 0 Å². The van der Waals surface area contributed by atoms with E-state index in [4.69, 9.17) is 4.74 Å². The Morgan fingerprint density at radius 3 is 2.72 bits per heavy atom. The molecule has 1 unspecified atom stereocenters. The van der Waals surface area contributed by atoms with Gasteiger partial charge in [-0.3, -0.25) is 24.4 Å². The van der Waals surface area contributed by atoms with E-state index in [1.54, 1.807) is 19.1 Å². The maximum Gasteiger partial charge on any atom is 0.240 e. The number of likely N-dealkylation sites (tertiary alicyclic amines) is 1. The number of rotatable bonds is 11. The monoisotopic (exact) mass is 440 g/mol. The third-order valence-electron chi connectivity index (χ3n) is 5.94. The quantitative estimate of drug-likeness (QED) is 0.428. The third-order valence-corrected chi connectivity index (χ3v) is 5.94. The van der Waals surface area contributed by atoms with Gasteiger partial charge >= 0.3 is 0 Å². The summed E-state index contributed by atoms with van der Waals surface area (Å²) in [5.41, 5.74) is 1.32. The molecule has 3 rings (SSSR count). The number of carbonyl (C=O) groups excluding carboxylic acids is 3. The second-order valence-electron chi connectivity index (χ2n) is 8.38. The summed E-state index contributed by atoms with van der Waals surface area (Å²) >= 11 is 0. The highest BCUT2D eigenvalue weighted by atomic mass is 16.5. The Kier molecular flexibility index (Phi) is 7.80. The van der Waals surface area contributed by atoms with Gasteiger partial charge in [0.1, 0.15) is 0 Å². The first-order chi connectivity index (χ1) is 15.4. The molecular weight excluding hydrogens is 408 g/mol. The Morgan fingerprint density at radius 2 is 2.03 bits per heavy atom. The second-order valence-corrected chi connectivity index (χ2v) is 8.38. The van der Waals surface area contributed by atoms with Crippen molar-refractivity contribution in [3.05, 3.63) is 53.3 Å². The number of aryl methyl sites for hydroxylation is 1. The van der Waals surface area contributed by atoms with Gasteiger partial charge < -0.3 is 9.64 Å². The molecule has 2 aromatic rings. The summed E-state index contributed by atoms with van der Waals surface area (Å²) in [4.78, 5) is 42.4. The van der Waals surface area contributed by atoms with Crippen LogP contribution >= 0.6 is 0 Å². The Hall–Kier alpha value is -3.00. The highest BCUT2D eigenvalue weighted by Gasteiger charge is 2.53. The van der Waals surface area contributed by atoms with Gasteiger partial charge in [-0.05, 0) is 24.5 Å². The number of nitrogens with zero attached hydrogens (tertiary/aromatic N) is 3. The standard InChI is InChI=1S/C24H32N4O4/c1-4-9-19-14-20(26-25-19)17-27(2)21(29)15-24(18-10-6-5-7-11-18)16-22(30)28(23(24)31)12-8-13-32-3/h5-7,10-11,14H,4,8-9,12-13,15-17H2,1-3H3,(H,25,26). The Morgan fingerprint density at radius 1 is 1.28 bits per heavy atom. The zero-order valence-electron chi connectivity index (χ0n) is 19.1. The highest BCUT2D eigenvalue weighted by Crippen LogP contribution is 2.40. The van der Waals surface area contributed by atoms with Gasteiger partial charge in [-0.2, -0.15) is 5.10 Å². The summed E-state index contributed by atoms with van der Waals surface area (Å²) in [7, 11) is 3.29. The normalized spacial score (nSPS) is 18.4. The van der Waals surface area contributed by atoms with Crippen molar-refractivity contribution >= 4 is 17.7 Å². The molecule has 172 valence electrons. The molecule has 32 heavy (non-hydrogen) atoms. The van der Waals surface area contributed by atoms with Gasteiger partial charge in [-0.25, -0.2) is 0 Å². The van der Waals surface area contributed by atoms with E-state index in [2.05, 4.69) is 17.1 Å². The van der Waals surface area contributed by atoms with E-state index in [-0.39, 0.29) is 30.6 Å². The summed E-state index contributed by atoms with van der Waals surface area (Å²) in [6.45, 7) is 3.20. The average Bonchev–Trinajstić information content (AvgIpc) is 3.32. The van der Waals surface area contributed by atoms with Crippen LogP contribution in [-0.4, -0.2) is 65.0 Å². The number of hydrogen-bond donors (Lipinski definition) is 1. The fourth-order valence-electron chi connectivity index (χ4n) is 4.23. The van der Waals surface area contributed by atoms with Crippen LogP contribution in [0.2, 0.25) is 0 Å². The number of carbonyl (C=O) groups is 3. The van der Waals surface area contributed by atoms with Crippen LogP contribution in [0.4, 0.5) is 0 Å². The van der Waals surface area contributed by atoms with Crippen LogP contribution in [0.5, 0.6) is 0 Å². The second kappa shape index (κ2) is 10.5. The molecule has 8 nitrogen and oxygen atoms in total. The highest BCUT2D eigenvalue weighted by molar-refractivity contribution is 6.10. The number of methoxy groups -OCH3 is 1. The molecule has 1 atom stereocenters. The number of hydrogen-bond acceptors (Lipinski definition) is 5. The maximum atomic E-state index is 13.5. The topological polar surface area (TPSA) is 95.6 Å². The van der Waals surface area contributed by atoms with E-state index in [0.29, 0.717) is 31.7 Å². The SMILES string of the molecule is CCCc1cc(CN(C)C(=O)CC2(c3ccccc3)CC(=O)N(CCCOC)C2=O)[nH]n1. The first-order valence-electron chi connectivity index (χ1n) is 11.1. The lowest BCUT2D eigenvalue weighted by Crippen LogP contribution is -2.43. The predicted molar refractivity (Wildman–Crippen MR) is 120 cm³/mol. The van der Waals surface area contributed by atoms with Crippen LogP contribution in [0, 0.1) is 0 Å². The number of ether oxygens (including phenoxy) is 1. The van der Waals surface area contributed by atoms with Gasteiger partial charge in [-0.15, -0.1) is 0 Å². The molecule has 3 amide bonds. The van der Waals surface area contributed by atoms with Crippen LogP contribution in [-0.2, 0) is 37.5 Å². The summed E-state index contributed by atoms with van der Waals surface area (Å²) in [5.74, 6) is -0.748. The molecule has 0 radical (unpaired) electrons.